The fourth-order valence-electron chi connectivity index (χ4n) is 4.38. The van der Waals surface area contributed by atoms with E-state index in [0.717, 1.165) is 56.3 Å². The molecule has 0 aromatic heterocycles. The number of benzene rings is 2. The quantitative estimate of drug-likeness (QED) is 0.556. The number of carbonyl (C=O) groups is 1. The highest BCUT2D eigenvalue weighted by Crippen LogP contribution is 2.35. The van der Waals surface area contributed by atoms with Crippen molar-refractivity contribution in [2.75, 3.05) is 44.7 Å². The molecule has 0 bridgehead atoms. The molecule has 1 fully saturated rings. The first-order chi connectivity index (χ1) is 15.1. The van der Waals surface area contributed by atoms with Crippen LogP contribution in [-0.2, 0) is 4.79 Å². The Morgan fingerprint density at radius 2 is 1.94 bits per heavy atom. The summed E-state index contributed by atoms with van der Waals surface area (Å²) >= 11 is 0. The summed E-state index contributed by atoms with van der Waals surface area (Å²) in [5.74, 6) is 0.159. The zero-order valence-corrected chi connectivity index (χ0v) is 18.5. The third-order valence-corrected chi connectivity index (χ3v) is 6.29. The average molecular weight is 420 g/mol. The fraction of sp³-hybridized carbons (Fsp3) is 0.400. The van der Waals surface area contributed by atoms with Gasteiger partial charge in [-0.1, -0.05) is 30.3 Å². The second-order valence-corrected chi connectivity index (χ2v) is 8.39. The van der Waals surface area contributed by atoms with Crippen LogP contribution < -0.4 is 21.3 Å². The average Bonchev–Trinajstić information content (AvgIpc) is 3.31. The predicted molar refractivity (Wildman–Crippen MR) is 126 cm³/mol. The lowest BCUT2D eigenvalue weighted by atomic mass is 9.84. The molecule has 1 amide bonds. The summed E-state index contributed by atoms with van der Waals surface area (Å²) in [6, 6.07) is 14.7. The van der Waals surface area contributed by atoms with Crippen molar-refractivity contribution in [3.63, 3.8) is 0 Å². The highest BCUT2D eigenvalue weighted by molar-refractivity contribution is 5.90. The molecular weight excluding hydrogens is 386 g/mol. The van der Waals surface area contributed by atoms with Gasteiger partial charge in [0, 0.05) is 56.7 Å². The second-order valence-electron chi connectivity index (χ2n) is 8.39. The van der Waals surface area contributed by atoms with Gasteiger partial charge in [-0.2, -0.15) is 0 Å². The number of anilines is 1. The van der Waals surface area contributed by atoms with E-state index >= 15 is 0 Å². The van der Waals surface area contributed by atoms with Gasteiger partial charge in [-0.3, -0.25) is 4.79 Å². The molecule has 1 atom stereocenters. The van der Waals surface area contributed by atoms with Crippen molar-refractivity contribution in [1.29, 1.82) is 0 Å². The van der Waals surface area contributed by atoms with Gasteiger partial charge >= 0.3 is 0 Å². The van der Waals surface area contributed by atoms with Crippen LogP contribution in [0.25, 0.3) is 0 Å². The summed E-state index contributed by atoms with van der Waals surface area (Å²) in [4.78, 5) is 14.9. The van der Waals surface area contributed by atoms with Crippen LogP contribution in [0.5, 0.6) is 0 Å². The van der Waals surface area contributed by atoms with Gasteiger partial charge in [-0.05, 0) is 48.2 Å². The molecule has 6 heteroatoms. The molecule has 2 heterocycles. The van der Waals surface area contributed by atoms with Crippen molar-refractivity contribution in [2.45, 2.75) is 26.2 Å². The summed E-state index contributed by atoms with van der Waals surface area (Å²) in [7, 11) is 0. The first-order valence-corrected chi connectivity index (χ1v) is 11.2. The van der Waals surface area contributed by atoms with Gasteiger partial charge in [-0.25, -0.2) is 0 Å². The van der Waals surface area contributed by atoms with E-state index in [1.54, 1.807) is 0 Å². The number of piperazine rings is 1. The minimum atomic E-state index is 0.0684. The highest BCUT2D eigenvalue weighted by Gasteiger charge is 2.23. The van der Waals surface area contributed by atoms with Gasteiger partial charge in [-0.15, -0.1) is 0 Å². The molecule has 2 aliphatic rings. The maximum Gasteiger partial charge on any atom is 0.225 e. The van der Waals surface area contributed by atoms with Crippen molar-refractivity contribution in [1.82, 2.24) is 20.9 Å². The standard InChI is InChI=1S/C25H33N5O/c1-18-5-3-8-22(19(18)2)25(23-16-27-17-28-23)20-6-4-7-21(15-20)29-24(31)9-12-30-13-10-26-11-14-30/h3-8,15-16,25-28H,9-14,17H2,1-2H3,(H,29,31). The molecule has 164 valence electrons. The normalized spacial score (nSPS) is 17.4. The van der Waals surface area contributed by atoms with Gasteiger partial charge in [0.1, 0.15) is 0 Å². The van der Waals surface area contributed by atoms with E-state index in [9.17, 15) is 4.79 Å². The van der Waals surface area contributed by atoms with Crippen molar-refractivity contribution in [3.05, 3.63) is 76.6 Å². The number of carbonyl (C=O) groups excluding carboxylic acids is 1. The minimum Gasteiger partial charge on any atom is -0.372 e. The molecule has 6 nitrogen and oxygen atoms in total. The molecule has 2 aliphatic heterocycles. The van der Waals surface area contributed by atoms with Crippen LogP contribution in [0, 0.1) is 13.8 Å². The fourth-order valence-corrected chi connectivity index (χ4v) is 4.38. The smallest absolute Gasteiger partial charge is 0.225 e. The number of nitrogens with zero attached hydrogens (tertiary/aromatic N) is 1. The van der Waals surface area contributed by atoms with Crippen molar-refractivity contribution in [2.24, 2.45) is 0 Å². The summed E-state index contributed by atoms with van der Waals surface area (Å²) in [5, 5.41) is 13.2. The van der Waals surface area contributed by atoms with Gasteiger partial charge < -0.3 is 26.2 Å². The first kappa shape index (κ1) is 21.4. The van der Waals surface area contributed by atoms with Gasteiger partial charge in [0.2, 0.25) is 5.91 Å². The van der Waals surface area contributed by atoms with Crippen LogP contribution in [-0.4, -0.2) is 50.2 Å². The lowest BCUT2D eigenvalue weighted by Crippen LogP contribution is -2.44. The summed E-state index contributed by atoms with van der Waals surface area (Å²) in [6.45, 7) is 9.90. The molecule has 1 saturated heterocycles. The highest BCUT2D eigenvalue weighted by atomic mass is 16.1. The van der Waals surface area contributed by atoms with Crippen LogP contribution in [0.15, 0.2) is 54.4 Å². The molecule has 31 heavy (non-hydrogen) atoms. The molecule has 0 aliphatic carbocycles. The Hall–Kier alpha value is -2.83. The Bertz CT molecular complexity index is 949. The van der Waals surface area contributed by atoms with E-state index in [1.165, 1.54) is 16.7 Å². The van der Waals surface area contributed by atoms with Gasteiger partial charge in [0.25, 0.3) is 0 Å². The van der Waals surface area contributed by atoms with Crippen LogP contribution in [0.1, 0.15) is 34.6 Å². The molecule has 4 rings (SSSR count). The first-order valence-electron chi connectivity index (χ1n) is 11.2. The number of amides is 1. The Labute approximate surface area is 185 Å². The van der Waals surface area contributed by atoms with Crippen LogP contribution in [0.4, 0.5) is 5.69 Å². The minimum absolute atomic E-state index is 0.0684. The van der Waals surface area contributed by atoms with E-state index in [-0.39, 0.29) is 11.8 Å². The summed E-state index contributed by atoms with van der Waals surface area (Å²) in [6.07, 6.45) is 2.58. The SMILES string of the molecule is Cc1cccc(C(C2=CNCN2)c2cccc(NC(=O)CCN3CCNCC3)c2)c1C. The molecule has 2 aromatic carbocycles. The van der Waals surface area contributed by atoms with Crippen molar-refractivity contribution < 1.29 is 4.79 Å². The number of hydrogen-bond donors (Lipinski definition) is 4. The Balaban J connectivity index is 1.51. The number of aryl methyl sites for hydroxylation is 1. The molecule has 0 radical (unpaired) electrons. The maximum atomic E-state index is 12.6. The van der Waals surface area contributed by atoms with E-state index in [0.29, 0.717) is 6.42 Å². The molecule has 1 unspecified atom stereocenters. The molecule has 0 saturated carbocycles. The third kappa shape index (κ3) is 5.27. The topological polar surface area (TPSA) is 68.4 Å². The Kier molecular flexibility index (Phi) is 6.89. The predicted octanol–water partition coefficient (Wildman–Crippen LogP) is 2.66. The van der Waals surface area contributed by atoms with Crippen LogP contribution in [0.3, 0.4) is 0 Å². The number of hydrogen-bond acceptors (Lipinski definition) is 5. The van der Waals surface area contributed by atoms with Gasteiger partial charge in [0.15, 0.2) is 0 Å². The van der Waals surface area contributed by atoms with E-state index in [2.05, 4.69) is 76.5 Å². The number of rotatable bonds is 7. The lowest BCUT2D eigenvalue weighted by Gasteiger charge is -2.26. The monoisotopic (exact) mass is 419 g/mol. The number of allylic oxidation sites excluding steroid dienone is 1. The zero-order chi connectivity index (χ0) is 21.6. The summed E-state index contributed by atoms with van der Waals surface area (Å²) < 4.78 is 0. The molecule has 2 aromatic rings. The van der Waals surface area contributed by atoms with E-state index < -0.39 is 0 Å². The summed E-state index contributed by atoms with van der Waals surface area (Å²) in [5.41, 5.74) is 7.03. The molecule has 4 N–H and O–H groups in total. The lowest BCUT2D eigenvalue weighted by molar-refractivity contribution is -0.116. The Morgan fingerprint density at radius 1 is 1.13 bits per heavy atom. The zero-order valence-electron chi connectivity index (χ0n) is 18.5. The van der Waals surface area contributed by atoms with E-state index in [1.807, 2.05) is 12.1 Å². The maximum absolute atomic E-state index is 12.6. The molecular formula is C25H33N5O. The largest absolute Gasteiger partial charge is 0.372 e. The third-order valence-electron chi connectivity index (χ3n) is 6.29. The van der Waals surface area contributed by atoms with E-state index in [4.69, 9.17) is 0 Å². The van der Waals surface area contributed by atoms with Crippen molar-refractivity contribution >= 4 is 11.6 Å². The van der Waals surface area contributed by atoms with Crippen LogP contribution in [0.2, 0.25) is 0 Å². The van der Waals surface area contributed by atoms with Gasteiger partial charge in [0.05, 0.1) is 12.6 Å². The second kappa shape index (κ2) is 9.98. The Morgan fingerprint density at radius 3 is 2.71 bits per heavy atom. The van der Waals surface area contributed by atoms with Crippen molar-refractivity contribution in [3.8, 4) is 0 Å². The number of nitrogens with one attached hydrogen (secondary N) is 4. The molecule has 0 spiro atoms. The van der Waals surface area contributed by atoms with Crippen LogP contribution >= 0.6 is 0 Å².